The average Bonchev–Trinajstić information content (AvgIpc) is 2.26. The summed E-state index contributed by atoms with van der Waals surface area (Å²) >= 11 is 5.03. The van der Waals surface area contributed by atoms with Crippen molar-refractivity contribution in [1.29, 1.82) is 0 Å². The van der Waals surface area contributed by atoms with Crippen LogP contribution in [0.4, 0.5) is 5.95 Å². The highest BCUT2D eigenvalue weighted by molar-refractivity contribution is 7.71. The van der Waals surface area contributed by atoms with Crippen molar-refractivity contribution >= 4 is 24.1 Å². The molecule has 0 saturated heterocycles. The number of carbonyl (C=O) groups is 1. The first-order chi connectivity index (χ1) is 7.10. The Bertz CT molecular complexity index is 416. The van der Waals surface area contributed by atoms with Crippen molar-refractivity contribution in [1.82, 2.24) is 14.6 Å². The van der Waals surface area contributed by atoms with Crippen molar-refractivity contribution in [3.63, 3.8) is 0 Å². The molecule has 0 atom stereocenters. The van der Waals surface area contributed by atoms with Gasteiger partial charge in [-0.2, -0.15) is 4.98 Å². The summed E-state index contributed by atoms with van der Waals surface area (Å²) in [7, 11) is 3.33. The van der Waals surface area contributed by atoms with Crippen LogP contribution in [-0.2, 0) is 4.79 Å². The van der Waals surface area contributed by atoms with Crippen LogP contribution >= 0.6 is 12.2 Å². The number of aromatic nitrogens is 3. The summed E-state index contributed by atoms with van der Waals surface area (Å²) < 4.78 is 1.72. The van der Waals surface area contributed by atoms with Gasteiger partial charge in [-0.15, -0.1) is 0 Å². The maximum atomic E-state index is 11.4. The van der Waals surface area contributed by atoms with Gasteiger partial charge in [0, 0.05) is 20.5 Å². The molecule has 7 heteroatoms. The summed E-state index contributed by atoms with van der Waals surface area (Å²) in [6, 6.07) is 0. The van der Waals surface area contributed by atoms with Crippen molar-refractivity contribution in [2.45, 2.75) is 13.3 Å². The van der Waals surface area contributed by atoms with Gasteiger partial charge in [-0.25, -0.2) is 14.7 Å². The molecule has 1 amide bonds. The molecule has 0 aliphatic heterocycles. The Balaban J connectivity index is 3.06. The van der Waals surface area contributed by atoms with Crippen LogP contribution in [0.15, 0.2) is 6.33 Å². The van der Waals surface area contributed by atoms with Crippen molar-refractivity contribution in [2.75, 3.05) is 24.4 Å². The third kappa shape index (κ3) is 2.50. The van der Waals surface area contributed by atoms with E-state index in [4.69, 9.17) is 12.2 Å². The summed E-state index contributed by atoms with van der Waals surface area (Å²) in [6.45, 7) is 1.78. The lowest BCUT2D eigenvalue weighted by molar-refractivity contribution is -0.119. The lowest BCUT2D eigenvalue weighted by atomic mass is 10.4. The fraction of sp³-hybridized carbons (Fsp3) is 0.500. The Morgan fingerprint density at radius 3 is 2.87 bits per heavy atom. The number of hydrogen-bond acceptors (Lipinski definition) is 5. The van der Waals surface area contributed by atoms with Gasteiger partial charge in [-0.3, -0.25) is 4.79 Å². The van der Waals surface area contributed by atoms with Gasteiger partial charge < -0.3 is 5.32 Å². The fourth-order valence-electron chi connectivity index (χ4n) is 1.00. The van der Waals surface area contributed by atoms with Crippen LogP contribution in [0.25, 0.3) is 0 Å². The third-order valence-corrected chi connectivity index (χ3v) is 2.18. The second-order valence-electron chi connectivity index (χ2n) is 2.83. The summed E-state index contributed by atoms with van der Waals surface area (Å²) in [6.07, 6.45) is 1.88. The molecule has 0 fully saturated rings. The predicted molar refractivity (Wildman–Crippen MR) is 59.8 cm³/mol. The van der Waals surface area contributed by atoms with Crippen LogP contribution in [0, 0.1) is 4.77 Å². The van der Waals surface area contributed by atoms with Crippen molar-refractivity contribution in [3.8, 4) is 0 Å². The van der Waals surface area contributed by atoms with E-state index in [1.807, 2.05) is 0 Å². The van der Waals surface area contributed by atoms with Crippen LogP contribution in [0.5, 0.6) is 0 Å². The summed E-state index contributed by atoms with van der Waals surface area (Å²) in [4.78, 5) is 19.4. The molecule has 1 heterocycles. The highest BCUT2D eigenvalue weighted by Gasteiger charge is 2.08. The molecule has 0 unspecified atom stereocenters. The third-order valence-electron chi connectivity index (χ3n) is 1.90. The Kier molecular flexibility index (Phi) is 3.73. The lowest BCUT2D eigenvalue weighted by Gasteiger charge is -2.18. The minimum atomic E-state index is -0.0492. The van der Waals surface area contributed by atoms with E-state index in [0.29, 0.717) is 17.1 Å². The topological polar surface area (TPSA) is 63.1 Å². The number of hydrogen-bond donors (Lipinski definition) is 1. The SMILES string of the molecule is CCC(=O)N(C)n1cnc(NC)nc1=S. The minimum Gasteiger partial charge on any atom is -0.357 e. The monoisotopic (exact) mass is 227 g/mol. The van der Waals surface area contributed by atoms with Gasteiger partial charge in [0.1, 0.15) is 6.33 Å². The molecule has 6 nitrogen and oxygen atoms in total. The molecule has 0 aliphatic rings. The van der Waals surface area contributed by atoms with Crippen LogP contribution in [-0.4, -0.2) is 34.6 Å². The first-order valence-corrected chi connectivity index (χ1v) is 4.91. The Morgan fingerprint density at radius 2 is 2.40 bits per heavy atom. The average molecular weight is 227 g/mol. The second-order valence-corrected chi connectivity index (χ2v) is 3.19. The molecular formula is C8H13N5OS. The summed E-state index contributed by atoms with van der Waals surface area (Å²) in [5, 5.41) is 4.16. The molecule has 0 bridgehead atoms. The predicted octanol–water partition coefficient (Wildman–Crippen LogP) is 0.554. The fourth-order valence-corrected chi connectivity index (χ4v) is 1.26. The molecular weight excluding hydrogens is 214 g/mol. The first kappa shape index (κ1) is 11.6. The van der Waals surface area contributed by atoms with Crippen molar-refractivity contribution < 1.29 is 4.79 Å². The van der Waals surface area contributed by atoms with E-state index in [1.165, 1.54) is 16.0 Å². The number of nitrogens with one attached hydrogen (secondary N) is 1. The van der Waals surface area contributed by atoms with Gasteiger partial charge in [0.15, 0.2) is 0 Å². The van der Waals surface area contributed by atoms with E-state index >= 15 is 0 Å². The van der Waals surface area contributed by atoms with Gasteiger partial charge in [0.05, 0.1) is 0 Å². The van der Waals surface area contributed by atoms with Gasteiger partial charge >= 0.3 is 0 Å². The molecule has 1 N–H and O–H groups in total. The maximum Gasteiger partial charge on any atom is 0.240 e. The zero-order valence-corrected chi connectivity index (χ0v) is 9.71. The molecule has 0 saturated carbocycles. The largest absolute Gasteiger partial charge is 0.357 e. The zero-order valence-electron chi connectivity index (χ0n) is 8.89. The van der Waals surface area contributed by atoms with Crippen molar-refractivity contribution in [2.24, 2.45) is 0 Å². The van der Waals surface area contributed by atoms with E-state index in [9.17, 15) is 4.79 Å². The highest BCUT2D eigenvalue weighted by Crippen LogP contribution is 1.97. The zero-order chi connectivity index (χ0) is 11.4. The number of amides is 1. The van der Waals surface area contributed by atoms with E-state index in [-0.39, 0.29) is 5.91 Å². The van der Waals surface area contributed by atoms with E-state index in [2.05, 4.69) is 15.3 Å². The maximum absolute atomic E-state index is 11.4. The van der Waals surface area contributed by atoms with E-state index < -0.39 is 0 Å². The quantitative estimate of drug-likeness (QED) is 0.764. The van der Waals surface area contributed by atoms with E-state index in [1.54, 1.807) is 21.0 Å². The minimum absolute atomic E-state index is 0.0492. The number of anilines is 1. The van der Waals surface area contributed by atoms with Gasteiger partial charge in [0.25, 0.3) is 0 Å². The molecule has 15 heavy (non-hydrogen) atoms. The summed E-state index contributed by atoms with van der Waals surface area (Å²) in [5.74, 6) is 0.389. The highest BCUT2D eigenvalue weighted by atomic mass is 32.1. The van der Waals surface area contributed by atoms with Gasteiger partial charge in [-0.1, -0.05) is 6.92 Å². The number of rotatable bonds is 3. The van der Waals surface area contributed by atoms with Crippen LogP contribution in [0.1, 0.15) is 13.3 Å². The molecule has 0 spiro atoms. The standard InChI is InChI=1S/C8H13N5OS/c1-4-6(14)12(3)13-5-10-7(9-2)11-8(13)15/h5H,4H2,1-3H3,(H,9,11,15). The molecule has 0 aromatic carbocycles. The molecule has 0 aliphatic carbocycles. The Morgan fingerprint density at radius 1 is 1.73 bits per heavy atom. The van der Waals surface area contributed by atoms with Gasteiger partial charge in [-0.05, 0) is 12.2 Å². The van der Waals surface area contributed by atoms with E-state index in [0.717, 1.165) is 0 Å². The lowest BCUT2D eigenvalue weighted by Crippen LogP contribution is -2.37. The molecule has 82 valence electrons. The molecule has 0 radical (unpaired) electrons. The Labute approximate surface area is 92.9 Å². The molecule has 1 aromatic heterocycles. The number of carbonyl (C=O) groups excluding carboxylic acids is 1. The second kappa shape index (κ2) is 4.83. The van der Waals surface area contributed by atoms with Crippen LogP contribution < -0.4 is 10.3 Å². The smallest absolute Gasteiger partial charge is 0.240 e. The molecule has 1 aromatic rings. The first-order valence-electron chi connectivity index (χ1n) is 4.50. The van der Waals surface area contributed by atoms with Crippen molar-refractivity contribution in [3.05, 3.63) is 11.1 Å². The Hall–Kier alpha value is -1.50. The molecule has 1 rings (SSSR count). The van der Waals surface area contributed by atoms with Crippen LogP contribution in [0.3, 0.4) is 0 Å². The summed E-state index contributed by atoms with van der Waals surface area (Å²) in [5.41, 5.74) is 0. The number of nitrogens with zero attached hydrogens (tertiary/aromatic N) is 4. The van der Waals surface area contributed by atoms with Gasteiger partial charge in [0.2, 0.25) is 16.6 Å². The van der Waals surface area contributed by atoms with Crippen LogP contribution in [0.2, 0.25) is 0 Å². The normalized spacial score (nSPS) is 9.80.